The second-order valence-electron chi connectivity index (χ2n) is 5.68. The molecule has 20 heavy (non-hydrogen) atoms. The first kappa shape index (κ1) is 13.1. The largest absolute Gasteiger partial charge is 0.372 e. The van der Waals surface area contributed by atoms with Gasteiger partial charge in [0.25, 0.3) is 5.91 Å². The molecule has 0 atom stereocenters. The number of hydrogen-bond acceptors (Lipinski definition) is 3. The molecule has 0 unspecified atom stereocenters. The Bertz CT molecular complexity index is 568. The molecule has 0 saturated heterocycles. The monoisotopic (exact) mass is 270 g/mol. The number of hydrogen-bond donors (Lipinski definition) is 1. The molecule has 2 aliphatic rings. The van der Waals surface area contributed by atoms with E-state index in [9.17, 15) is 10.1 Å². The maximum atomic E-state index is 12.4. The van der Waals surface area contributed by atoms with Crippen molar-refractivity contribution in [3.8, 4) is 6.07 Å². The fourth-order valence-electron chi connectivity index (χ4n) is 3.02. The number of amides is 1. The first-order valence-corrected chi connectivity index (χ1v) is 7.16. The zero-order valence-electron chi connectivity index (χ0n) is 11.4. The number of carbonyl (C=O) groups is 1. The summed E-state index contributed by atoms with van der Waals surface area (Å²) in [6.45, 7) is 1.19. The molecule has 1 aromatic rings. The van der Waals surface area contributed by atoms with Gasteiger partial charge < -0.3 is 10.1 Å². The van der Waals surface area contributed by atoms with Gasteiger partial charge in [-0.2, -0.15) is 5.26 Å². The van der Waals surface area contributed by atoms with Crippen LogP contribution in [-0.4, -0.2) is 11.4 Å². The molecule has 1 N–H and O–H groups in total. The summed E-state index contributed by atoms with van der Waals surface area (Å²) in [5, 5.41) is 12.4. The van der Waals surface area contributed by atoms with Crippen LogP contribution in [0.15, 0.2) is 18.2 Å². The minimum atomic E-state index is -0.676. The summed E-state index contributed by atoms with van der Waals surface area (Å²) < 4.78 is 5.36. The van der Waals surface area contributed by atoms with Crippen LogP contribution in [0.4, 0.5) is 0 Å². The van der Waals surface area contributed by atoms with E-state index in [4.69, 9.17) is 4.74 Å². The lowest BCUT2D eigenvalue weighted by atomic mass is 9.82. The Balaban J connectivity index is 1.77. The van der Waals surface area contributed by atoms with Crippen molar-refractivity contribution in [3.63, 3.8) is 0 Å². The Labute approximate surface area is 118 Å². The number of nitriles is 1. The van der Waals surface area contributed by atoms with E-state index >= 15 is 0 Å². The Morgan fingerprint density at radius 1 is 1.20 bits per heavy atom. The van der Waals surface area contributed by atoms with Gasteiger partial charge in [0.05, 0.1) is 19.3 Å². The van der Waals surface area contributed by atoms with Crippen molar-refractivity contribution >= 4 is 5.91 Å². The first-order chi connectivity index (χ1) is 9.72. The van der Waals surface area contributed by atoms with E-state index in [1.54, 1.807) is 0 Å². The van der Waals surface area contributed by atoms with Crippen molar-refractivity contribution in [1.29, 1.82) is 5.26 Å². The minimum Gasteiger partial charge on any atom is -0.372 e. The summed E-state index contributed by atoms with van der Waals surface area (Å²) in [6, 6.07) is 7.95. The summed E-state index contributed by atoms with van der Waals surface area (Å²) >= 11 is 0. The third-order valence-electron chi connectivity index (χ3n) is 4.26. The zero-order chi connectivity index (χ0) is 14.0. The molecule has 1 amide bonds. The Hall–Kier alpha value is -1.86. The van der Waals surface area contributed by atoms with E-state index in [1.165, 1.54) is 0 Å². The van der Waals surface area contributed by atoms with Crippen LogP contribution in [0.3, 0.4) is 0 Å². The molecular formula is C16H18N2O2. The van der Waals surface area contributed by atoms with Gasteiger partial charge in [0, 0.05) is 5.56 Å². The second-order valence-corrected chi connectivity index (χ2v) is 5.68. The summed E-state index contributed by atoms with van der Waals surface area (Å²) in [7, 11) is 0. The average molecular weight is 270 g/mol. The third kappa shape index (κ3) is 2.41. The number of carbonyl (C=O) groups excluding carboxylic acids is 1. The normalized spacial score (nSPS) is 19.9. The highest BCUT2D eigenvalue weighted by Gasteiger charge is 2.33. The van der Waals surface area contributed by atoms with Gasteiger partial charge in [0.15, 0.2) is 0 Å². The van der Waals surface area contributed by atoms with Crippen LogP contribution in [0.2, 0.25) is 0 Å². The smallest absolute Gasteiger partial charge is 0.252 e. The van der Waals surface area contributed by atoms with E-state index in [0.717, 1.165) is 43.2 Å². The topological polar surface area (TPSA) is 62.1 Å². The van der Waals surface area contributed by atoms with Crippen LogP contribution in [-0.2, 0) is 18.0 Å². The molecule has 1 fully saturated rings. The maximum Gasteiger partial charge on any atom is 0.252 e. The predicted octanol–water partition coefficient (Wildman–Crippen LogP) is 2.67. The number of nitrogens with one attached hydrogen (secondary N) is 1. The van der Waals surface area contributed by atoms with Gasteiger partial charge in [-0.15, -0.1) is 0 Å². The molecule has 104 valence electrons. The number of ether oxygens (including phenoxy) is 1. The van der Waals surface area contributed by atoms with E-state index in [0.29, 0.717) is 18.8 Å². The van der Waals surface area contributed by atoms with Gasteiger partial charge in [-0.3, -0.25) is 4.79 Å². The standard InChI is InChI=1S/C16H18N2O2/c17-11-16(6-2-1-3-7-16)18-15(19)12-4-5-13-9-20-10-14(13)8-12/h4-5,8H,1-3,6-7,9-10H2,(H,18,19). The van der Waals surface area contributed by atoms with Gasteiger partial charge in [0.1, 0.15) is 5.54 Å². The summed E-state index contributed by atoms with van der Waals surface area (Å²) in [5.74, 6) is -0.150. The maximum absolute atomic E-state index is 12.4. The number of rotatable bonds is 2. The molecule has 0 radical (unpaired) electrons. The quantitative estimate of drug-likeness (QED) is 0.898. The van der Waals surface area contributed by atoms with Crippen LogP contribution in [0.5, 0.6) is 0 Å². The van der Waals surface area contributed by atoms with Gasteiger partial charge in [-0.1, -0.05) is 25.3 Å². The molecular weight excluding hydrogens is 252 g/mol. The summed E-state index contributed by atoms with van der Waals surface area (Å²) in [6.07, 6.45) is 4.67. The Kier molecular flexibility index (Phi) is 3.45. The summed E-state index contributed by atoms with van der Waals surface area (Å²) in [4.78, 5) is 12.4. The zero-order valence-corrected chi connectivity index (χ0v) is 11.4. The fourth-order valence-corrected chi connectivity index (χ4v) is 3.02. The highest BCUT2D eigenvalue weighted by molar-refractivity contribution is 5.95. The lowest BCUT2D eigenvalue weighted by Crippen LogP contribution is -2.48. The van der Waals surface area contributed by atoms with Crippen LogP contribution in [0.1, 0.15) is 53.6 Å². The van der Waals surface area contributed by atoms with E-state index in [-0.39, 0.29) is 5.91 Å². The van der Waals surface area contributed by atoms with Crippen LogP contribution >= 0.6 is 0 Å². The highest BCUT2D eigenvalue weighted by Crippen LogP contribution is 2.28. The minimum absolute atomic E-state index is 0.150. The van der Waals surface area contributed by atoms with Gasteiger partial charge in [-0.25, -0.2) is 0 Å². The molecule has 1 saturated carbocycles. The predicted molar refractivity (Wildman–Crippen MR) is 73.8 cm³/mol. The first-order valence-electron chi connectivity index (χ1n) is 7.16. The lowest BCUT2D eigenvalue weighted by molar-refractivity contribution is 0.0902. The van der Waals surface area contributed by atoms with E-state index in [1.807, 2.05) is 18.2 Å². The SMILES string of the molecule is N#CC1(NC(=O)c2ccc3c(c2)COC3)CCCCC1. The molecule has 3 rings (SSSR count). The molecule has 4 nitrogen and oxygen atoms in total. The van der Waals surface area contributed by atoms with Crippen molar-refractivity contribution in [1.82, 2.24) is 5.32 Å². The molecule has 1 aliphatic carbocycles. The molecule has 0 spiro atoms. The van der Waals surface area contributed by atoms with Gasteiger partial charge in [-0.05, 0) is 36.1 Å². The molecule has 0 aromatic heterocycles. The van der Waals surface area contributed by atoms with Crippen molar-refractivity contribution in [2.45, 2.75) is 50.9 Å². The van der Waals surface area contributed by atoms with Crippen LogP contribution in [0, 0.1) is 11.3 Å². The second kappa shape index (κ2) is 5.26. The number of nitrogens with zero attached hydrogens (tertiary/aromatic N) is 1. The Morgan fingerprint density at radius 3 is 2.70 bits per heavy atom. The Morgan fingerprint density at radius 2 is 1.95 bits per heavy atom. The van der Waals surface area contributed by atoms with Crippen LogP contribution < -0.4 is 5.32 Å². The third-order valence-corrected chi connectivity index (χ3v) is 4.26. The summed E-state index contributed by atoms with van der Waals surface area (Å²) in [5.41, 5.74) is 2.17. The molecule has 1 aromatic carbocycles. The van der Waals surface area contributed by atoms with Gasteiger partial charge >= 0.3 is 0 Å². The van der Waals surface area contributed by atoms with Crippen molar-refractivity contribution < 1.29 is 9.53 Å². The van der Waals surface area contributed by atoms with E-state index < -0.39 is 5.54 Å². The highest BCUT2D eigenvalue weighted by atomic mass is 16.5. The number of benzene rings is 1. The van der Waals surface area contributed by atoms with Crippen molar-refractivity contribution in [2.75, 3.05) is 0 Å². The molecule has 0 bridgehead atoms. The molecule has 1 aliphatic heterocycles. The van der Waals surface area contributed by atoms with Gasteiger partial charge in [0.2, 0.25) is 0 Å². The van der Waals surface area contributed by atoms with Crippen LogP contribution in [0.25, 0.3) is 0 Å². The molecule has 1 heterocycles. The number of fused-ring (bicyclic) bond motifs is 1. The van der Waals surface area contributed by atoms with E-state index in [2.05, 4.69) is 11.4 Å². The van der Waals surface area contributed by atoms with Crippen molar-refractivity contribution in [3.05, 3.63) is 34.9 Å². The average Bonchev–Trinajstić information content (AvgIpc) is 2.95. The molecule has 4 heteroatoms. The lowest BCUT2D eigenvalue weighted by Gasteiger charge is -2.31. The fraction of sp³-hybridized carbons (Fsp3) is 0.500. The van der Waals surface area contributed by atoms with Crippen molar-refractivity contribution in [2.24, 2.45) is 0 Å².